The summed E-state index contributed by atoms with van der Waals surface area (Å²) in [6.45, 7) is 3.97. The number of carbonyl (C=O) groups excluding carboxylic acids is 1. The van der Waals surface area contributed by atoms with Gasteiger partial charge in [0, 0.05) is 18.6 Å². The fraction of sp³-hybridized carbons (Fsp3) is 0.385. The van der Waals surface area contributed by atoms with Crippen LogP contribution in [-0.2, 0) is 11.3 Å². The molecule has 0 aromatic heterocycles. The summed E-state index contributed by atoms with van der Waals surface area (Å²) in [4.78, 5) is 14.0. The molecule has 98 valence electrons. The molecule has 5 heteroatoms. The van der Waals surface area contributed by atoms with Crippen molar-refractivity contribution < 1.29 is 4.79 Å². The van der Waals surface area contributed by atoms with E-state index in [0.29, 0.717) is 11.6 Å². The lowest BCUT2D eigenvalue weighted by atomic mass is 9.91. The topological polar surface area (TPSA) is 46.3 Å². The molecule has 0 unspecified atom stereocenters. The van der Waals surface area contributed by atoms with Crippen molar-refractivity contribution in [3.63, 3.8) is 0 Å². The summed E-state index contributed by atoms with van der Waals surface area (Å²) in [6.07, 6.45) is 0. The van der Waals surface area contributed by atoms with Crippen molar-refractivity contribution in [3.05, 3.63) is 34.9 Å². The van der Waals surface area contributed by atoms with E-state index in [1.54, 1.807) is 37.9 Å². The minimum Gasteiger partial charge on any atom is -0.392 e. The molecule has 0 atom stereocenters. The highest BCUT2D eigenvalue weighted by atomic mass is 35.5. The van der Waals surface area contributed by atoms with Crippen LogP contribution in [0.15, 0.2) is 24.3 Å². The largest absolute Gasteiger partial charge is 0.392 e. The molecule has 0 aliphatic rings. The van der Waals surface area contributed by atoms with Gasteiger partial charge < -0.3 is 10.6 Å². The Labute approximate surface area is 118 Å². The van der Waals surface area contributed by atoms with Gasteiger partial charge in [-0.3, -0.25) is 4.79 Å². The molecule has 0 spiro atoms. The third-order valence-corrected chi connectivity index (χ3v) is 3.59. The molecule has 1 aromatic carbocycles. The number of hydrogen-bond acceptors (Lipinski definition) is 2. The Hall–Kier alpha value is -1.13. The minimum atomic E-state index is -0.823. The van der Waals surface area contributed by atoms with Crippen molar-refractivity contribution in [2.45, 2.75) is 20.4 Å². The number of benzene rings is 1. The maximum atomic E-state index is 12.2. The number of carbonyl (C=O) groups is 1. The van der Waals surface area contributed by atoms with Crippen LogP contribution in [0.3, 0.4) is 0 Å². The van der Waals surface area contributed by atoms with Gasteiger partial charge in [-0.25, -0.2) is 0 Å². The molecule has 1 rings (SSSR count). The predicted molar refractivity (Wildman–Crippen MR) is 78.5 cm³/mol. The molecule has 0 heterocycles. The first kappa shape index (κ1) is 14.9. The molecule has 2 N–H and O–H groups in total. The van der Waals surface area contributed by atoms with Gasteiger partial charge in [-0.2, -0.15) is 0 Å². The normalized spacial score (nSPS) is 11.1. The van der Waals surface area contributed by atoms with Crippen molar-refractivity contribution in [2.75, 3.05) is 7.05 Å². The monoisotopic (exact) mass is 284 g/mol. The van der Waals surface area contributed by atoms with Crippen LogP contribution in [0.2, 0.25) is 5.02 Å². The molecule has 0 bridgehead atoms. The van der Waals surface area contributed by atoms with Crippen LogP contribution in [0.5, 0.6) is 0 Å². The Morgan fingerprint density at radius 3 is 2.33 bits per heavy atom. The van der Waals surface area contributed by atoms with E-state index in [1.807, 2.05) is 12.1 Å². The average molecular weight is 285 g/mol. The van der Waals surface area contributed by atoms with E-state index in [-0.39, 0.29) is 10.9 Å². The first-order chi connectivity index (χ1) is 8.25. The molecule has 0 saturated heterocycles. The van der Waals surface area contributed by atoms with Gasteiger partial charge in [-0.1, -0.05) is 36.0 Å². The summed E-state index contributed by atoms with van der Waals surface area (Å²) in [5.74, 6) is -0.0926. The fourth-order valence-electron chi connectivity index (χ4n) is 1.52. The van der Waals surface area contributed by atoms with Gasteiger partial charge in [0.1, 0.15) is 0 Å². The molecular weight excluding hydrogens is 268 g/mol. The van der Waals surface area contributed by atoms with E-state index in [9.17, 15) is 4.79 Å². The van der Waals surface area contributed by atoms with Crippen LogP contribution < -0.4 is 5.73 Å². The number of amides is 1. The third kappa shape index (κ3) is 3.43. The first-order valence-electron chi connectivity index (χ1n) is 5.55. The molecule has 0 radical (unpaired) electrons. The second-order valence-electron chi connectivity index (χ2n) is 4.78. The molecule has 0 aliphatic heterocycles. The van der Waals surface area contributed by atoms with Gasteiger partial charge in [0.05, 0.1) is 10.4 Å². The molecule has 0 aliphatic carbocycles. The molecule has 3 nitrogen and oxygen atoms in total. The highest BCUT2D eigenvalue weighted by molar-refractivity contribution is 7.80. The van der Waals surface area contributed by atoms with E-state index in [1.165, 1.54) is 0 Å². The second kappa shape index (κ2) is 5.67. The smallest absolute Gasteiger partial charge is 0.235 e. The number of halogens is 1. The first-order valence-corrected chi connectivity index (χ1v) is 6.33. The maximum Gasteiger partial charge on any atom is 0.235 e. The Kier molecular flexibility index (Phi) is 4.71. The number of nitrogens with zero attached hydrogens (tertiary/aromatic N) is 1. The molecule has 18 heavy (non-hydrogen) atoms. The highest BCUT2D eigenvalue weighted by Gasteiger charge is 2.33. The minimum absolute atomic E-state index is 0.0926. The molecule has 0 saturated carbocycles. The molecule has 1 amide bonds. The van der Waals surface area contributed by atoms with Gasteiger partial charge in [0.15, 0.2) is 0 Å². The van der Waals surface area contributed by atoms with Crippen molar-refractivity contribution in [1.82, 2.24) is 4.90 Å². The lowest BCUT2D eigenvalue weighted by Gasteiger charge is -2.28. The maximum absolute atomic E-state index is 12.2. The van der Waals surface area contributed by atoms with Crippen LogP contribution in [0.4, 0.5) is 0 Å². The Morgan fingerprint density at radius 1 is 1.39 bits per heavy atom. The second-order valence-corrected chi connectivity index (χ2v) is 5.65. The van der Waals surface area contributed by atoms with E-state index >= 15 is 0 Å². The Morgan fingerprint density at radius 2 is 1.89 bits per heavy atom. The zero-order valence-corrected chi connectivity index (χ0v) is 12.3. The van der Waals surface area contributed by atoms with Crippen molar-refractivity contribution in [3.8, 4) is 0 Å². The van der Waals surface area contributed by atoms with Crippen molar-refractivity contribution >= 4 is 34.7 Å². The van der Waals surface area contributed by atoms with E-state index in [2.05, 4.69) is 0 Å². The van der Waals surface area contributed by atoms with Crippen LogP contribution in [-0.4, -0.2) is 22.8 Å². The van der Waals surface area contributed by atoms with E-state index in [0.717, 1.165) is 5.56 Å². The quantitative estimate of drug-likeness (QED) is 0.865. The molecule has 0 fully saturated rings. The Balaban J connectivity index is 2.77. The van der Waals surface area contributed by atoms with E-state index < -0.39 is 5.41 Å². The SMILES string of the molecule is CN(Cc1ccc(Cl)cc1)C(=O)C(C)(C)C(N)=S. The van der Waals surface area contributed by atoms with Crippen LogP contribution in [0.1, 0.15) is 19.4 Å². The van der Waals surface area contributed by atoms with Gasteiger partial charge >= 0.3 is 0 Å². The van der Waals surface area contributed by atoms with Crippen molar-refractivity contribution in [2.24, 2.45) is 11.1 Å². The molecule has 1 aromatic rings. The fourth-order valence-corrected chi connectivity index (χ4v) is 1.73. The zero-order chi connectivity index (χ0) is 13.9. The number of rotatable bonds is 4. The number of thiocarbonyl (C=S) groups is 1. The summed E-state index contributed by atoms with van der Waals surface area (Å²) in [5, 5.41) is 0.677. The summed E-state index contributed by atoms with van der Waals surface area (Å²) in [6, 6.07) is 7.38. The standard InChI is InChI=1S/C13H17ClN2OS/c1-13(2,11(15)18)12(17)16(3)8-9-4-6-10(14)7-5-9/h4-7H,8H2,1-3H3,(H2,15,18). The summed E-state index contributed by atoms with van der Waals surface area (Å²) >= 11 is 10.7. The lowest BCUT2D eigenvalue weighted by Crippen LogP contribution is -2.45. The summed E-state index contributed by atoms with van der Waals surface area (Å²) in [5.41, 5.74) is 5.77. The van der Waals surface area contributed by atoms with Crippen LogP contribution >= 0.6 is 23.8 Å². The van der Waals surface area contributed by atoms with Gasteiger partial charge in [-0.15, -0.1) is 0 Å². The van der Waals surface area contributed by atoms with Crippen molar-refractivity contribution in [1.29, 1.82) is 0 Å². The average Bonchev–Trinajstić information content (AvgIpc) is 2.30. The zero-order valence-electron chi connectivity index (χ0n) is 10.7. The number of nitrogens with two attached hydrogens (primary N) is 1. The van der Waals surface area contributed by atoms with Crippen LogP contribution in [0.25, 0.3) is 0 Å². The highest BCUT2D eigenvalue weighted by Crippen LogP contribution is 2.20. The van der Waals surface area contributed by atoms with Crippen LogP contribution in [0, 0.1) is 5.41 Å². The summed E-state index contributed by atoms with van der Waals surface area (Å²) < 4.78 is 0. The number of hydrogen-bond donors (Lipinski definition) is 1. The van der Waals surface area contributed by atoms with Gasteiger partial charge in [0.2, 0.25) is 5.91 Å². The lowest BCUT2D eigenvalue weighted by molar-refractivity contribution is -0.136. The van der Waals surface area contributed by atoms with Gasteiger partial charge in [0.25, 0.3) is 0 Å². The third-order valence-electron chi connectivity index (χ3n) is 2.83. The Bertz CT molecular complexity index is 457. The predicted octanol–water partition coefficient (Wildman–Crippen LogP) is 2.61. The molecular formula is C13H17ClN2OS. The summed E-state index contributed by atoms with van der Waals surface area (Å²) in [7, 11) is 1.73. The van der Waals surface area contributed by atoms with E-state index in [4.69, 9.17) is 29.6 Å². The van der Waals surface area contributed by atoms with Gasteiger partial charge in [-0.05, 0) is 31.5 Å².